The summed E-state index contributed by atoms with van der Waals surface area (Å²) in [6.45, 7) is 0. The molecular weight excluding hydrogens is 352 g/mol. The third-order valence-electron chi connectivity index (χ3n) is 5.46. The molecule has 27 heavy (non-hydrogen) atoms. The molecule has 0 amide bonds. The number of ketones is 1. The number of nitrogens with zero attached hydrogens (tertiary/aromatic N) is 2. The summed E-state index contributed by atoms with van der Waals surface area (Å²) in [6, 6.07) is 11.8. The Bertz CT molecular complexity index is 928. The average Bonchev–Trinajstić information content (AvgIpc) is 3.20. The van der Waals surface area contributed by atoms with Gasteiger partial charge in [-0.05, 0) is 55.6 Å². The number of pyridine rings is 1. The van der Waals surface area contributed by atoms with Crippen LogP contribution in [0.3, 0.4) is 0 Å². The minimum Gasteiger partial charge on any atom is -0.293 e. The van der Waals surface area contributed by atoms with Gasteiger partial charge in [-0.25, -0.2) is 4.98 Å². The fraction of sp³-hybridized carbons (Fsp3) is 0.348. The molecule has 4 rings (SSSR count). The van der Waals surface area contributed by atoms with Crippen molar-refractivity contribution in [3.8, 4) is 6.07 Å². The number of rotatable bonds is 5. The molecule has 1 aromatic heterocycles. The van der Waals surface area contributed by atoms with Crippen LogP contribution in [0.25, 0.3) is 0 Å². The lowest BCUT2D eigenvalue weighted by molar-refractivity contribution is 0.102. The first-order chi connectivity index (χ1) is 13.3. The number of aromatic nitrogens is 1. The predicted molar refractivity (Wildman–Crippen MR) is 108 cm³/mol. The largest absolute Gasteiger partial charge is 0.293 e. The Kier molecular flexibility index (Phi) is 5.40. The van der Waals surface area contributed by atoms with E-state index in [1.54, 1.807) is 0 Å². The molecule has 0 N–H and O–H groups in total. The predicted octanol–water partition coefficient (Wildman–Crippen LogP) is 5.24. The van der Waals surface area contributed by atoms with Crippen molar-refractivity contribution < 1.29 is 4.79 Å². The lowest BCUT2D eigenvalue weighted by Gasteiger charge is -2.23. The van der Waals surface area contributed by atoms with Crippen molar-refractivity contribution in [3.63, 3.8) is 0 Å². The summed E-state index contributed by atoms with van der Waals surface area (Å²) in [5.74, 6) is 0.798. The number of hydrogen-bond acceptors (Lipinski definition) is 4. The van der Waals surface area contributed by atoms with E-state index in [0.29, 0.717) is 22.8 Å². The van der Waals surface area contributed by atoms with Crippen molar-refractivity contribution in [2.45, 2.75) is 49.5 Å². The Balaban J connectivity index is 1.66. The first-order valence-corrected chi connectivity index (χ1v) is 10.6. The summed E-state index contributed by atoms with van der Waals surface area (Å²) >= 11 is 1.42. The Morgan fingerprint density at radius 1 is 1.22 bits per heavy atom. The molecule has 2 aromatic rings. The van der Waals surface area contributed by atoms with Crippen molar-refractivity contribution in [2.75, 3.05) is 5.75 Å². The molecule has 0 saturated heterocycles. The summed E-state index contributed by atoms with van der Waals surface area (Å²) in [5, 5.41) is 10.7. The Morgan fingerprint density at radius 2 is 2.07 bits per heavy atom. The quantitative estimate of drug-likeness (QED) is 0.408. The third kappa shape index (κ3) is 3.70. The highest BCUT2D eigenvalue weighted by molar-refractivity contribution is 8.00. The second-order valence-corrected chi connectivity index (χ2v) is 8.12. The highest BCUT2D eigenvalue weighted by Gasteiger charge is 2.28. The van der Waals surface area contributed by atoms with Crippen LogP contribution in [-0.4, -0.2) is 16.5 Å². The molecule has 4 heteroatoms. The van der Waals surface area contributed by atoms with Gasteiger partial charge in [0.15, 0.2) is 5.78 Å². The Labute approximate surface area is 164 Å². The second-order valence-electron chi connectivity index (χ2n) is 7.16. The highest BCUT2D eigenvalue weighted by Crippen LogP contribution is 2.40. The van der Waals surface area contributed by atoms with E-state index in [1.807, 2.05) is 30.3 Å². The average molecular weight is 375 g/mol. The zero-order valence-corrected chi connectivity index (χ0v) is 16.1. The van der Waals surface area contributed by atoms with Gasteiger partial charge in [-0.2, -0.15) is 5.26 Å². The van der Waals surface area contributed by atoms with Crippen LogP contribution in [0.1, 0.15) is 64.3 Å². The molecule has 1 heterocycles. The minimum atomic E-state index is 0.0777. The van der Waals surface area contributed by atoms with Crippen LogP contribution in [-0.2, 0) is 12.8 Å². The smallest absolute Gasteiger partial charge is 0.173 e. The number of allylic oxidation sites excluding steroid dienone is 2. The van der Waals surface area contributed by atoms with Crippen molar-refractivity contribution in [1.29, 1.82) is 5.26 Å². The molecule has 1 aromatic carbocycles. The van der Waals surface area contributed by atoms with Crippen LogP contribution >= 0.6 is 11.8 Å². The van der Waals surface area contributed by atoms with Crippen LogP contribution in [0.5, 0.6) is 0 Å². The molecule has 1 atom stereocenters. The summed E-state index contributed by atoms with van der Waals surface area (Å²) in [5.41, 5.74) is 5.10. The molecule has 0 unspecified atom stereocenters. The van der Waals surface area contributed by atoms with Gasteiger partial charge in [-0.3, -0.25) is 4.79 Å². The summed E-state index contributed by atoms with van der Waals surface area (Å²) in [6.07, 6.45) is 10.8. The Hall–Kier alpha value is -2.38. The monoisotopic (exact) mass is 374 g/mol. The molecule has 0 bridgehead atoms. The zero-order valence-electron chi connectivity index (χ0n) is 15.3. The van der Waals surface area contributed by atoms with Crippen molar-refractivity contribution in [3.05, 3.63) is 70.4 Å². The molecule has 0 saturated carbocycles. The van der Waals surface area contributed by atoms with Crippen molar-refractivity contribution in [2.24, 2.45) is 0 Å². The van der Waals surface area contributed by atoms with E-state index >= 15 is 0 Å². The van der Waals surface area contributed by atoms with Gasteiger partial charge in [0.2, 0.25) is 0 Å². The van der Waals surface area contributed by atoms with Crippen molar-refractivity contribution in [1.82, 2.24) is 4.98 Å². The van der Waals surface area contributed by atoms with Crippen LogP contribution in [0.4, 0.5) is 0 Å². The number of nitriles is 1. The number of Topliss-reactive ketones (excluding diaryl/α,β-unsaturated/α-hetero) is 1. The van der Waals surface area contributed by atoms with Gasteiger partial charge in [-0.1, -0.05) is 54.2 Å². The number of thioether (sulfide) groups is 1. The number of benzene rings is 1. The van der Waals surface area contributed by atoms with Crippen LogP contribution in [0.15, 0.2) is 47.5 Å². The number of aryl methyl sites for hydroxylation is 1. The normalized spacial score (nSPS) is 18.1. The minimum absolute atomic E-state index is 0.0777. The fourth-order valence-corrected chi connectivity index (χ4v) is 5.06. The first kappa shape index (κ1) is 18.0. The zero-order chi connectivity index (χ0) is 18.6. The van der Waals surface area contributed by atoms with Gasteiger partial charge >= 0.3 is 0 Å². The molecule has 0 aliphatic heterocycles. The molecule has 0 fully saturated rings. The van der Waals surface area contributed by atoms with Gasteiger partial charge in [-0.15, -0.1) is 0 Å². The first-order valence-electron chi connectivity index (χ1n) is 9.59. The van der Waals surface area contributed by atoms with Gasteiger partial charge in [0, 0.05) is 11.3 Å². The fourth-order valence-electron chi connectivity index (χ4n) is 4.15. The number of fused-ring (bicyclic) bond motifs is 1. The van der Waals surface area contributed by atoms with E-state index in [-0.39, 0.29) is 5.78 Å². The van der Waals surface area contributed by atoms with E-state index in [4.69, 9.17) is 4.98 Å². The number of carbonyl (C=O) groups excluding carboxylic acids is 1. The molecule has 2 aliphatic rings. The Morgan fingerprint density at radius 3 is 2.81 bits per heavy atom. The molecule has 136 valence electrons. The van der Waals surface area contributed by atoms with Gasteiger partial charge < -0.3 is 0 Å². The lowest BCUT2D eigenvalue weighted by atomic mass is 9.83. The summed E-state index contributed by atoms with van der Waals surface area (Å²) in [7, 11) is 0. The van der Waals surface area contributed by atoms with E-state index in [2.05, 4.69) is 18.2 Å². The standard InChI is InChI=1S/C23H22N2OS/c24-14-19-22(17-10-5-2-6-11-17)18-12-7-13-20(18)25-23(19)27-15-21(26)16-8-3-1-4-9-16/h1-5,8-9,17H,6-7,10-13,15H2/t17-/m1/s1. The van der Waals surface area contributed by atoms with Crippen LogP contribution in [0.2, 0.25) is 0 Å². The SMILES string of the molecule is N#Cc1c(SCC(=O)c2ccccc2)nc2c(c1[C@@H]1CC=CCC1)CCC2. The van der Waals surface area contributed by atoms with E-state index < -0.39 is 0 Å². The van der Waals surface area contributed by atoms with Crippen molar-refractivity contribution >= 4 is 17.5 Å². The topological polar surface area (TPSA) is 53.8 Å². The van der Waals surface area contributed by atoms with E-state index in [0.717, 1.165) is 49.2 Å². The maximum absolute atomic E-state index is 12.5. The summed E-state index contributed by atoms with van der Waals surface area (Å²) < 4.78 is 0. The molecule has 0 spiro atoms. The van der Waals surface area contributed by atoms with Crippen LogP contribution in [0, 0.1) is 11.3 Å². The van der Waals surface area contributed by atoms with E-state index in [9.17, 15) is 10.1 Å². The van der Waals surface area contributed by atoms with Crippen LogP contribution < -0.4 is 0 Å². The van der Waals surface area contributed by atoms with Gasteiger partial charge in [0.25, 0.3) is 0 Å². The lowest BCUT2D eigenvalue weighted by Crippen LogP contribution is -2.11. The summed E-state index contributed by atoms with van der Waals surface area (Å²) in [4.78, 5) is 17.3. The van der Waals surface area contributed by atoms with E-state index in [1.165, 1.54) is 22.9 Å². The number of hydrogen-bond donors (Lipinski definition) is 0. The molecular formula is C23H22N2OS. The van der Waals surface area contributed by atoms with Gasteiger partial charge in [0.1, 0.15) is 11.1 Å². The molecule has 3 nitrogen and oxygen atoms in total. The maximum Gasteiger partial charge on any atom is 0.173 e. The van der Waals surface area contributed by atoms with Gasteiger partial charge in [0.05, 0.1) is 11.3 Å². The molecule has 0 radical (unpaired) electrons. The maximum atomic E-state index is 12.5. The molecule has 2 aliphatic carbocycles. The third-order valence-corrected chi connectivity index (χ3v) is 6.43. The second kappa shape index (κ2) is 8.10. The highest BCUT2D eigenvalue weighted by atomic mass is 32.2. The number of carbonyl (C=O) groups is 1.